The standard InChI is InChI=1S/C21H27N3O2S/c1-3-14(2)22-19(25)16-9-10-17-18(13-16)23-21(27)24(20(17)26)12-11-15-7-5-4-6-8-15/h7,9-10,13-14H,3-6,8,11-12H2,1-2H3,(H,22,25)(H,23,27). The summed E-state index contributed by atoms with van der Waals surface area (Å²) in [6, 6.07) is 5.23. The number of hydrogen-bond acceptors (Lipinski definition) is 3. The molecular weight excluding hydrogens is 358 g/mol. The highest BCUT2D eigenvalue weighted by Gasteiger charge is 2.12. The van der Waals surface area contributed by atoms with Crippen molar-refractivity contribution < 1.29 is 4.79 Å². The molecule has 6 heteroatoms. The number of fused-ring (bicyclic) bond motifs is 1. The average molecular weight is 386 g/mol. The molecule has 2 N–H and O–H groups in total. The highest BCUT2D eigenvalue weighted by Crippen LogP contribution is 2.20. The van der Waals surface area contributed by atoms with Crippen LogP contribution in [0.15, 0.2) is 34.6 Å². The number of H-pyrrole nitrogens is 1. The highest BCUT2D eigenvalue weighted by molar-refractivity contribution is 7.71. The molecule has 0 saturated heterocycles. The predicted molar refractivity (Wildman–Crippen MR) is 112 cm³/mol. The lowest BCUT2D eigenvalue weighted by Crippen LogP contribution is -2.32. The van der Waals surface area contributed by atoms with Crippen LogP contribution in [0.5, 0.6) is 0 Å². The van der Waals surface area contributed by atoms with Crippen LogP contribution in [-0.2, 0) is 6.54 Å². The van der Waals surface area contributed by atoms with Crippen molar-refractivity contribution in [1.29, 1.82) is 0 Å². The molecule has 1 aromatic heterocycles. The number of carbonyl (C=O) groups is 1. The molecule has 0 spiro atoms. The van der Waals surface area contributed by atoms with E-state index in [0.29, 0.717) is 27.8 Å². The van der Waals surface area contributed by atoms with E-state index in [4.69, 9.17) is 12.2 Å². The fraction of sp³-hybridized carbons (Fsp3) is 0.476. The monoisotopic (exact) mass is 385 g/mol. The van der Waals surface area contributed by atoms with Gasteiger partial charge in [-0.25, -0.2) is 0 Å². The smallest absolute Gasteiger partial charge is 0.262 e. The number of rotatable bonds is 6. The maximum atomic E-state index is 12.9. The van der Waals surface area contributed by atoms with Crippen LogP contribution in [0, 0.1) is 4.77 Å². The molecule has 2 aromatic rings. The van der Waals surface area contributed by atoms with Gasteiger partial charge in [0, 0.05) is 18.2 Å². The number of nitrogens with zero attached hydrogens (tertiary/aromatic N) is 1. The Kier molecular flexibility index (Phi) is 6.26. The Bertz CT molecular complexity index is 987. The first-order valence-corrected chi connectivity index (χ1v) is 10.2. The molecule has 1 aromatic carbocycles. The number of hydrogen-bond donors (Lipinski definition) is 2. The van der Waals surface area contributed by atoms with Crippen molar-refractivity contribution >= 4 is 29.0 Å². The second-order valence-electron chi connectivity index (χ2n) is 7.29. The Morgan fingerprint density at radius 3 is 2.89 bits per heavy atom. The van der Waals surface area contributed by atoms with Crippen molar-refractivity contribution in [3.8, 4) is 0 Å². The van der Waals surface area contributed by atoms with Crippen LogP contribution in [0.3, 0.4) is 0 Å². The Balaban J connectivity index is 1.87. The normalized spacial score (nSPS) is 15.4. The fourth-order valence-corrected chi connectivity index (χ4v) is 3.68. The minimum atomic E-state index is -0.140. The van der Waals surface area contributed by atoms with E-state index in [1.54, 1.807) is 22.8 Å². The number of nitrogens with one attached hydrogen (secondary N) is 2. The lowest BCUT2D eigenvalue weighted by molar-refractivity contribution is 0.0939. The molecule has 144 valence electrons. The van der Waals surface area contributed by atoms with E-state index in [-0.39, 0.29) is 17.5 Å². The summed E-state index contributed by atoms with van der Waals surface area (Å²) in [4.78, 5) is 28.3. The van der Waals surface area contributed by atoms with Crippen LogP contribution in [-0.4, -0.2) is 21.5 Å². The molecule has 3 rings (SSSR count). The van der Waals surface area contributed by atoms with Gasteiger partial charge in [-0.3, -0.25) is 14.2 Å². The van der Waals surface area contributed by atoms with Gasteiger partial charge in [0.05, 0.1) is 10.9 Å². The summed E-state index contributed by atoms with van der Waals surface area (Å²) >= 11 is 5.42. The quantitative estimate of drug-likeness (QED) is 0.569. The van der Waals surface area contributed by atoms with Gasteiger partial charge in [-0.05, 0) is 75.9 Å². The zero-order chi connectivity index (χ0) is 19.4. The molecule has 1 atom stereocenters. The molecule has 5 nitrogen and oxygen atoms in total. The van der Waals surface area contributed by atoms with Crippen LogP contribution in [0.25, 0.3) is 10.9 Å². The number of benzene rings is 1. The molecule has 1 unspecified atom stereocenters. The predicted octanol–water partition coefficient (Wildman–Crippen LogP) is 4.48. The minimum Gasteiger partial charge on any atom is -0.350 e. The molecule has 0 aliphatic heterocycles. The Morgan fingerprint density at radius 2 is 2.19 bits per heavy atom. The first-order valence-electron chi connectivity index (χ1n) is 9.75. The maximum Gasteiger partial charge on any atom is 0.262 e. The van der Waals surface area contributed by atoms with E-state index in [9.17, 15) is 9.59 Å². The van der Waals surface area contributed by atoms with E-state index in [0.717, 1.165) is 25.7 Å². The van der Waals surface area contributed by atoms with E-state index < -0.39 is 0 Å². The van der Waals surface area contributed by atoms with Crippen LogP contribution in [0.2, 0.25) is 0 Å². The molecule has 1 aliphatic carbocycles. The molecule has 1 aliphatic rings. The Morgan fingerprint density at radius 1 is 1.37 bits per heavy atom. The van der Waals surface area contributed by atoms with Crippen LogP contribution < -0.4 is 10.9 Å². The van der Waals surface area contributed by atoms with Crippen LogP contribution in [0.4, 0.5) is 0 Å². The first-order chi connectivity index (χ1) is 13.0. The third-order valence-corrected chi connectivity index (χ3v) is 5.60. The van der Waals surface area contributed by atoms with Gasteiger partial charge in [0.15, 0.2) is 4.77 Å². The molecular formula is C21H27N3O2S. The maximum absolute atomic E-state index is 12.9. The van der Waals surface area contributed by atoms with Crippen molar-refractivity contribution in [2.45, 2.75) is 65.0 Å². The largest absolute Gasteiger partial charge is 0.350 e. The summed E-state index contributed by atoms with van der Waals surface area (Å²) in [5.41, 5.74) is 2.45. The molecule has 0 saturated carbocycles. The Labute approximate surface area is 164 Å². The molecule has 0 bridgehead atoms. The van der Waals surface area contributed by atoms with Gasteiger partial charge in [0.2, 0.25) is 0 Å². The fourth-order valence-electron chi connectivity index (χ4n) is 3.40. The van der Waals surface area contributed by atoms with Crippen LogP contribution in [0.1, 0.15) is 62.7 Å². The summed E-state index contributed by atoms with van der Waals surface area (Å²) < 4.78 is 2.04. The van der Waals surface area contributed by atoms with Gasteiger partial charge < -0.3 is 10.3 Å². The zero-order valence-corrected chi connectivity index (χ0v) is 16.8. The minimum absolute atomic E-state index is 0.0981. The van der Waals surface area contributed by atoms with E-state index in [2.05, 4.69) is 16.4 Å². The molecule has 0 radical (unpaired) electrons. The summed E-state index contributed by atoms with van der Waals surface area (Å²) in [6.07, 6.45) is 8.76. The molecule has 27 heavy (non-hydrogen) atoms. The number of amides is 1. The topological polar surface area (TPSA) is 66.9 Å². The molecule has 1 heterocycles. The molecule has 0 fully saturated rings. The van der Waals surface area contributed by atoms with Gasteiger partial charge in [-0.1, -0.05) is 18.6 Å². The van der Waals surface area contributed by atoms with E-state index in [1.807, 2.05) is 13.8 Å². The number of allylic oxidation sites excluding steroid dienone is 2. The number of aromatic amines is 1. The third kappa shape index (κ3) is 4.56. The summed E-state index contributed by atoms with van der Waals surface area (Å²) in [7, 11) is 0. The van der Waals surface area contributed by atoms with Crippen molar-refractivity contribution in [3.63, 3.8) is 0 Å². The molecule has 1 amide bonds. The summed E-state index contributed by atoms with van der Waals surface area (Å²) in [6.45, 7) is 4.58. The second kappa shape index (κ2) is 8.65. The van der Waals surface area contributed by atoms with E-state index in [1.165, 1.54) is 18.4 Å². The first kappa shape index (κ1) is 19.5. The highest BCUT2D eigenvalue weighted by atomic mass is 32.1. The van der Waals surface area contributed by atoms with Gasteiger partial charge in [0.1, 0.15) is 0 Å². The summed E-state index contributed by atoms with van der Waals surface area (Å²) in [5, 5.41) is 3.50. The Hall–Kier alpha value is -2.21. The summed E-state index contributed by atoms with van der Waals surface area (Å²) in [5.74, 6) is -0.140. The van der Waals surface area contributed by atoms with Gasteiger partial charge in [-0.15, -0.1) is 0 Å². The lowest BCUT2D eigenvalue weighted by Gasteiger charge is -2.14. The SMILES string of the molecule is CCC(C)NC(=O)c1ccc2c(=O)n(CCC3=CCCCC3)c(=S)[nH]c2c1. The van der Waals surface area contributed by atoms with Gasteiger partial charge in [-0.2, -0.15) is 0 Å². The van der Waals surface area contributed by atoms with Crippen LogP contribution >= 0.6 is 12.2 Å². The third-order valence-electron chi connectivity index (χ3n) is 5.28. The van der Waals surface area contributed by atoms with E-state index >= 15 is 0 Å². The van der Waals surface area contributed by atoms with Crippen molar-refractivity contribution in [3.05, 3.63) is 50.5 Å². The number of carbonyl (C=O) groups excluding carboxylic acids is 1. The lowest BCUT2D eigenvalue weighted by atomic mass is 9.97. The van der Waals surface area contributed by atoms with Crippen molar-refractivity contribution in [1.82, 2.24) is 14.9 Å². The average Bonchev–Trinajstić information content (AvgIpc) is 2.68. The van der Waals surface area contributed by atoms with Crippen molar-refractivity contribution in [2.75, 3.05) is 0 Å². The van der Waals surface area contributed by atoms with Gasteiger partial charge >= 0.3 is 0 Å². The zero-order valence-electron chi connectivity index (χ0n) is 16.0. The van der Waals surface area contributed by atoms with Gasteiger partial charge in [0.25, 0.3) is 11.5 Å². The second-order valence-corrected chi connectivity index (χ2v) is 7.67. The van der Waals surface area contributed by atoms with Crippen molar-refractivity contribution in [2.24, 2.45) is 0 Å². The number of aromatic nitrogens is 2.